The molecule has 1 unspecified atom stereocenters. The van der Waals surface area contributed by atoms with Crippen LogP contribution in [0.15, 0.2) is 12.4 Å². The summed E-state index contributed by atoms with van der Waals surface area (Å²) in [4.78, 5) is 20.2. The van der Waals surface area contributed by atoms with Crippen molar-refractivity contribution in [2.24, 2.45) is 0 Å². The Balaban J connectivity index is 1.81. The molecule has 5 nitrogen and oxygen atoms in total. The van der Waals surface area contributed by atoms with E-state index in [4.69, 9.17) is 0 Å². The molecule has 2 heterocycles. The van der Waals surface area contributed by atoms with Crippen LogP contribution in [0.3, 0.4) is 0 Å². The van der Waals surface area contributed by atoms with Gasteiger partial charge in [-0.05, 0) is 26.3 Å². The standard InChI is InChI=1S/C12H18N4O/c1-9-6-15-10(7-14-9)8-16-12(17)11-4-2-3-5-13-11/h6-7,11,13H,2-5,8H2,1H3,(H,16,17). The van der Waals surface area contributed by atoms with Crippen molar-refractivity contribution in [1.29, 1.82) is 0 Å². The second-order valence-electron chi connectivity index (χ2n) is 4.37. The largest absolute Gasteiger partial charge is 0.349 e. The van der Waals surface area contributed by atoms with Crippen molar-refractivity contribution in [3.05, 3.63) is 23.8 Å². The van der Waals surface area contributed by atoms with Gasteiger partial charge in [0.05, 0.1) is 30.2 Å². The molecule has 0 radical (unpaired) electrons. The monoisotopic (exact) mass is 234 g/mol. The first-order chi connectivity index (χ1) is 8.25. The van der Waals surface area contributed by atoms with Gasteiger partial charge in [-0.1, -0.05) is 6.42 Å². The molecule has 1 aliphatic rings. The van der Waals surface area contributed by atoms with Crippen LogP contribution in [-0.2, 0) is 11.3 Å². The van der Waals surface area contributed by atoms with Gasteiger partial charge < -0.3 is 10.6 Å². The maximum Gasteiger partial charge on any atom is 0.237 e. The third kappa shape index (κ3) is 3.49. The van der Waals surface area contributed by atoms with Gasteiger partial charge in [0.1, 0.15) is 0 Å². The van der Waals surface area contributed by atoms with E-state index in [0.29, 0.717) is 6.54 Å². The number of hydrogen-bond acceptors (Lipinski definition) is 4. The fraction of sp³-hybridized carbons (Fsp3) is 0.583. The normalized spacial score (nSPS) is 19.9. The van der Waals surface area contributed by atoms with Crippen LogP contribution in [0.2, 0.25) is 0 Å². The number of carbonyl (C=O) groups is 1. The molecule has 1 saturated heterocycles. The zero-order valence-corrected chi connectivity index (χ0v) is 10.1. The average molecular weight is 234 g/mol. The average Bonchev–Trinajstić information content (AvgIpc) is 2.39. The molecule has 1 atom stereocenters. The van der Waals surface area contributed by atoms with Crippen LogP contribution in [0.5, 0.6) is 0 Å². The van der Waals surface area contributed by atoms with Gasteiger partial charge >= 0.3 is 0 Å². The minimum atomic E-state index is -0.0397. The zero-order chi connectivity index (χ0) is 12.1. The predicted molar refractivity (Wildman–Crippen MR) is 64.3 cm³/mol. The Kier molecular flexibility index (Phi) is 4.03. The molecule has 1 aromatic rings. The predicted octanol–water partition coefficient (Wildman–Crippen LogP) is 0.543. The molecule has 92 valence electrons. The summed E-state index contributed by atoms with van der Waals surface area (Å²) in [5.41, 5.74) is 1.67. The molecule has 0 saturated carbocycles. The molecule has 0 spiro atoms. The number of nitrogens with zero attached hydrogens (tertiary/aromatic N) is 2. The summed E-state index contributed by atoms with van der Waals surface area (Å²) in [6, 6.07) is -0.0397. The van der Waals surface area contributed by atoms with E-state index in [2.05, 4.69) is 20.6 Å². The summed E-state index contributed by atoms with van der Waals surface area (Å²) < 4.78 is 0. The molecule has 1 aliphatic heterocycles. The van der Waals surface area contributed by atoms with Crippen molar-refractivity contribution >= 4 is 5.91 Å². The molecule has 0 bridgehead atoms. The summed E-state index contributed by atoms with van der Waals surface area (Å²) in [5.74, 6) is 0.0621. The number of hydrogen-bond donors (Lipinski definition) is 2. The highest BCUT2D eigenvalue weighted by molar-refractivity contribution is 5.81. The summed E-state index contributed by atoms with van der Waals surface area (Å²) in [6.45, 7) is 3.27. The van der Waals surface area contributed by atoms with Crippen molar-refractivity contribution in [2.45, 2.75) is 38.8 Å². The Hall–Kier alpha value is -1.49. The number of piperidine rings is 1. The third-order valence-electron chi connectivity index (χ3n) is 2.90. The van der Waals surface area contributed by atoms with Crippen LogP contribution < -0.4 is 10.6 Å². The highest BCUT2D eigenvalue weighted by atomic mass is 16.2. The van der Waals surface area contributed by atoms with Crippen molar-refractivity contribution in [3.8, 4) is 0 Å². The van der Waals surface area contributed by atoms with Crippen LogP contribution in [0.4, 0.5) is 0 Å². The molecule has 0 aromatic carbocycles. The number of aromatic nitrogens is 2. The zero-order valence-electron chi connectivity index (χ0n) is 10.1. The molecule has 2 rings (SSSR count). The Morgan fingerprint density at radius 3 is 3.00 bits per heavy atom. The van der Waals surface area contributed by atoms with Crippen LogP contribution in [0, 0.1) is 6.92 Å². The van der Waals surface area contributed by atoms with Gasteiger partial charge in [0.25, 0.3) is 0 Å². The summed E-state index contributed by atoms with van der Waals surface area (Å²) in [7, 11) is 0. The van der Waals surface area contributed by atoms with Gasteiger partial charge in [0.15, 0.2) is 0 Å². The fourth-order valence-corrected chi connectivity index (χ4v) is 1.89. The first kappa shape index (κ1) is 12.0. The van der Waals surface area contributed by atoms with Gasteiger partial charge in [-0.15, -0.1) is 0 Å². The molecule has 0 aliphatic carbocycles. The van der Waals surface area contributed by atoms with E-state index >= 15 is 0 Å². The van der Waals surface area contributed by atoms with E-state index in [0.717, 1.165) is 37.2 Å². The Bertz CT molecular complexity index is 371. The van der Waals surface area contributed by atoms with Crippen LogP contribution in [0.1, 0.15) is 30.7 Å². The maximum absolute atomic E-state index is 11.8. The molecule has 5 heteroatoms. The van der Waals surface area contributed by atoms with Gasteiger partial charge in [0.2, 0.25) is 5.91 Å². The lowest BCUT2D eigenvalue weighted by atomic mass is 10.0. The highest BCUT2D eigenvalue weighted by Crippen LogP contribution is 2.06. The van der Waals surface area contributed by atoms with E-state index in [1.165, 1.54) is 0 Å². The van der Waals surface area contributed by atoms with Gasteiger partial charge in [-0.3, -0.25) is 14.8 Å². The van der Waals surface area contributed by atoms with Crippen molar-refractivity contribution in [3.63, 3.8) is 0 Å². The SMILES string of the molecule is Cc1cnc(CNC(=O)C2CCCCN2)cn1. The van der Waals surface area contributed by atoms with Crippen LogP contribution in [-0.4, -0.2) is 28.5 Å². The molecule has 2 N–H and O–H groups in total. The molecule has 17 heavy (non-hydrogen) atoms. The van der Waals surface area contributed by atoms with Crippen LogP contribution >= 0.6 is 0 Å². The maximum atomic E-state index is 11.8. The minimum absolute atomic E-state index is 0.0397. The molecular weight excluding hydrogens is 216 g/mol. The second-order valence-corrected chi connectivity index (χ2v) is 4.37. The van der Waals surface area contributed by atoms with Gasteiger partial charge in [0, 0.05) is 6.20 Å². The molecule has 1 aromatic heterocycles. The Morgan fingerprint density at radius 1 is 1.47 bits per heavy atom. The Morgan fingerprint density at radius 2 is 2.35 bits per heavy atom. The first-order valence-electron chi connectivity index (χ1n) is 6.04. The molecule has 1 fully saturated rings. The second kappa shape index (κ2) is 5.72. The number of aryl methyl sites for hydroxylation is 1. The quantitative estimate of drug-likeness (QED) is 0.801. The van der Waals surface area contributed by atoms with Gasteiger partial charge in [-0.2, -0.15) is 0 Å². The van der Waals surface area contributed by atoms with E-state index in [1.54, 1.807) is 12.4 Å². The lowest BCUT2D eigenvalue weighted by Gasteiger charge is -2.22. The van der Waals surface area contributed by atoms with Crippen molar-refractivity contribution < 1.29 is 4.79 Å². The van der Waals surface area contributed by atoms with E-state index in [9.17, 15) is 4.79 Å². The molecule has 1 amide bonds. The van der Waals surface area contributed by atoms with E-state index in [1.807, 2.05) is 6.92 Å². The number of nitrogens with one attached hydrogen (secondary N) is 2. The lowest BCUT2D eigenvalue weighted by Crippen LogP contribution is -2.46. The van der Waals surface area contributed by atoms with Crippen molar-refractivity contribution in [2.75, 3.05) is 6.54 Å². The number of carbonyl (C=O) groups excluding carboxylic acids is 1. The fourth-order valence-electron chi connectivity index (χ4n) is 1.89. The van der Waals surface area contributed by atoms with E-state index in [-0.39, 0.29) is 11.9 Å². The lowest BCUT2D eigenvalue weighted by molar-refractivity contribution is -0.123. The third-order valence-corrected chi connectivity index (χ3v) is 2.90. The number of rotatable bonds is 3. The highest BCUT2D eigenvalue weighted by Gasteiger charge is 2.19. The smallest absolute Gasteiger partial charge is 0.237 e. The number of amides is 1. The summed E-state index contributed by atoms with van der Waals surface area (Å²) in [5, 5.41) is 6.10. The van der Waals surface area contributed by atoms with E-state index < -0.39 is 0 Å². The molecular formula is C12H18N4O. The van der Waals surface area contributed by atoms with Crippen LogP contribution in [0.25, 0.3) is 0 Å². The summed E-state index contributed by atoms with van der Waals surface area (Å²) >= 11 is 0. The van der Waals surface area contributed by atoms with Gasteiger partial charge in [-0.25, -0.2) is 0 Å². The first-order valence-corrected chi connectivity index (χ1v) is 6.04. The summed E-state index contributed by atoms with van der Waals surface area (Å²) in [6.07, 6.45) is 6.61. The topological polar surface area (TPSA) is 66.9 Å². The van der Waals surface area contributed by atoms with Crippen molar-refractivity contribution in [1.82, 2.24) is 20.6 Å². The Labute approximate surface area is 101 Å². The minimum Gasteiger partial charge on any atom is -0.349 e.